The van der Waals surface area contributed by atoms with Gasteiger partial charge >= 0.3 is 0 Å². The molecule has 0 atom stereocenters. The van der Waals surface area contributed by atoms with Crippen molar-refractivity contribution in [1.82, 2.24) is 5.32 Å². The summed E-state index contributed by atoms with van der Waals surface area (Å²) in [5, 5.41) is 2.96. The van der Waals surface area contributed by atoms with Gasteiger partial charge in [-0.2, -0.15) is 0 Å². The molecule has 1 aromatic rings. The Hall–Kier alpha value is -1.06. The fraction of sp³-hybridized carbons (Fsp3) is 0.588. The maximum absolute atomic E-state index is 12.1. The van der Waals surface area contributed by atoms with Crippen LogP contribution in [0.5, 0.6) is 0 Å². The highest BCUT2D eigenvalue weighted by Gasteiger charge is 2.20. The second-order valence-electron chi connectivity index (χ2n) is 6.50. The number of amides is 1. The van der Waals surface area contributed by atoms with Crippen molar-refractivity contribution < 1.29 is 4.79 Å². The van der Waals surface area contributed by atoms with Crippen molar-refractivity contribution in [3.63, 3.8) is 0 Å². The Labute approximate surface area is 134 Å². The lowest BCUT2D eigenvalue weighted by Gasteiger charge is -2.25. The number of nitrogens with one attached hydrogen (secondary N) is 1. The van der Waals surface area contributed by atoms with Gasteiger partial charge in [0.25, 0.3) is 5.91 Å². The number of rotatable bonds is 4. The lowest BCUT2D eigenvalue weighted by molar-refractivity contribution is 0.0915. The molecule has 118 valence electrons. The van der Waals surface area contributed by atoms with Gasteiger partial charge in [-0.15, -0.1) is 12.4 Å². The Morgan fingerprint density at radius 3 is 2.29 bits per heavy atom. The van der Waals surface area contributed by atoms with Crippen LogP contribution in [0.15, 0.2) is 24.3 Å². The van der Waals surface area contributed by atoms with Crippen LogP contribution in [-0.2, 0) is 0 Å². The normalized spacial score (nSPS) is 16.1. The molecule has 3 nitrogen and oxygen atoms in total. The summed E-state index contributed by atoms with van der Waals surface area (Å²) in [5.41, 5.74) is 7.37. The maximum Gasteiger partial charge on any atom is 0.251 e. The molecule has 3 N–H and O–H groups in total. The number of carbonyl (C=O) groups is 1. The van der Waals surface area contributed by atoms with Gasteiger partial charge in [0.1, 0.15) is 0 Å². The lowest BCUT2D eigenvalue weighted by Crippen LogP contribution is -2.48. The summed E-state index contributed by atoms with van der Waals surface area (Å²) in [6.45, 7) is 4.29. The van der Waals surface area contributed by atoms with Crippen molar-refractivity contribution in [1.29, 1.82) is 0 Å². The third kappa shape index (κ3) is 5.01. The second-order valence-corrected chi connectivity index (χ2v) is 6.50. The Balaban J connectivity index is 0.00000220. The molecule has 21 heavy (non-hydrogen) atoms. The average molecular weight is 311 g/mol. The highest BCUT2D eigenvalue weighted by molar-refractivity contribution is 5.94. The van der Waals surface area contributed by atoms with Crippen LogP contribution in [0.2, 0.25) is 0 Å². The fourth-order valence-corrected chi connectivity index (χ4v) is 2.77. The number of hydrogen-bond donors (Lipinski definition) is 2. The zero-order valence-electron chi connectivity index (χ0n) is 13.0. The zero-order chi connectivity index (χ0) is 14.6. The first-order chi connectivity index (χ1) is 9.52. The molecule has 1 saturated carbocycles. The topological polar surface area (TPSA) is 55.1 Å². The smallest absolute Gasteiger partial charge is 0.251 e. The van der Waals surface area contributed by atoms with Gasteiger partial charge in [0, 0.05) is 17.6 Å². The Kier molecular flexibility index (Phi) is 6.69. The van der Waals surface area contributed by atoms with Crippen molar-refractivity contribution in [2.45, 2.75) is 57.4 Å². The van der Waals surface area contributed by atoms with Gasteiger partial charge in [-0.25, -0.2) is 0 Å². The van der Waals surface area contributed by atoms with Crippen LogP contribution in [0, 0.1) is 0 Å². The lowest BCUT2D eigenvalue weighted by atomic mass is 9.84. The molecule has 0 unspecified atom stereocenters. The van der Waals surface area contributed by atoms with Crippen LogP contribution in [0.25, 0.3) is 0 Å². The van der Waals surface area contributed by atoms with Crippen LogP contribution in [0.4, 0.5) is 0 Å². The molecular formula is C17H27ClN2O. The fourth-order valence-electron chi connectivity index (χ4n) is 2.77. The van der Waals surface area contributed by atoms with Crippen LogP contribution in [0.1, 0.15) is 67.8 Å². The number of carbonyl (C=O) groups excluding carboxylic acids is 1. The van der Waals surface area contributed by atoms with Crippen LogP contribution in [0.3, 0.4) is 0 Å². The molecule has 0 saturated heterocycles. The van der Waals surface area contributed by atoms with E-state index < -0.39 is 0 Å². The first-order valence-electron chi connectivity index (χ1n) is 7.64. The Morgan fingerprint density at radius 2 is 1.76 bits per heavy atom. The number of halogens is 1. The molecule has 0 radical (unpaired) electrons. The van der Waals surface area contributed by atoms with E-state index in [2.05, 4.69) is 17.4 Å². The van der Waals surface area contributed by atoms with Crippen molar-refractivity contribution in [2.75, 3.05) is 6.54 Å². The van der Waals surface area contributed by atoms with E-state index in [1.165, 1.54) is 37.7 Å². The van der Waals surface area contributed by atoms with Gasteiger partial charge in [0.05, 0.1) is 0 Å². The molecular weight excluding hydrogens is 284 g/mol. The molecule has 0 spiro atoms. The molecule has 1 aromatic carbocycles. The minimum Gasteiger partial charge on any atom is -0.346 e. The SMILES string of the molecule is CC(C)(CN)NC(=O)c1ccc(C2CCCCC2)cc1.Cl. The minimum absolute atomic E-state index is 0. The quantitative estimate of drug-likeness (QED) is 0.892. The molecule has 2 rings (SSSR count). The summed E-state index contributed by atoms with van der Waals surface area (Å²) < 4.78 is 0. The van der Waals surface area contributed by atoms with Crippen molar-refractivity contribution in [3.8, 4) is 0 Å². The molecule has 0 aliphatic heterocycles. The predicted octanol–water partition coefficient (Wildman–Crippen LogP) is 3.62. The van der Waals surface area contributed by atoms with E-state index in [1.807, 2.05) is 26.0 Å². The molecule has 1 aliphatic rings. The minimum atomic E-state index is -0.362. The number of hydrogen-bond acceptors (Lipinski definition) is 2. The van der Waals surface area contributed by atoms with E-state index in [9.17, 15) is 4.79 Å². The van der Waals surface area contributed by atoms with Gasteiger partial charge in [-0.05, 0) is 50.3 Å². The van der Waals surface area contributed by atoms with E-state index in [4.69, 9.17) is 5.73 Å². The van der Waals surface area contributed by atoms with E-state index in [0.29, 0.717) is 18.0 Å². The third-order valence-corrected chi connectivity index (χ3v) is 4.21. The van der Waals surface area contributed by atoms with E-state index in [-0.39, 0.29) is 23.9 Å². The predicted molar refractivity (Wildman–Crippen MR) is 90.1 cm³/mol. The van der Waals surface area contributed by atoms with Crippen LogP contribution >= 0.6 is 12.4 Å². The highest BCUT2D eigenvalue weighted by Crippen LogP contribution is 2.32. The van der Waals surface area contributed by atoms with Crippen molar-refractivity contribution in [3.05, 3.63) is 35.4 Å². The molecule has 1 aliphatic carbocycles. The van der Waals surface area contributed by atoms with E-state index in [0.717, 1.165) is 0 Å². The van der Waals surface area contributed by atoms with Crippen molar-refractivity contribution >= 4 is 18.3 Å². The summed E-state index contributed by atoms with van der Waals surface area (Å²) in [7, 11) is 0. The molecule has 0 bridgehead atoms. The summed E-state index contributed by atoms with van der Waals surface area (Å²) >= 11 is 0. The van der Waals surface area contributed by atoms with Gasteiger partial charge in [0.15, 0.2) is 0 Å². The first kappa shape index (κ1) is 18.0. The van der Waals surface area contributed by atoms with Gasteiger partial charge < -0.3 is 11.1 Å². The van der Waals surface area contributed by atoms with Gasteiger partial charge in [-0.3, -0.25) is 4.79 Å². The average Bonchev–Trinajstić information content (AvgIpc) is 2.48. The number of nitrogens with two attached hydrogens (primary N) is 1. The maximum atomic E-state index is 12.1. The van der Waals surface area contributed by atoms with Crippen molar-refractivity contribution in [2.24, 2.45) is 5.73 Å². The zero-order valence-corrected chi connectivity index (χ0v) is 13.8. The summed E-state index contributed by atoms with van der Waals surface area (Å²) in [4.78, 5) is 12.1. The monoisotopic (exact) mass is 310 g/mol. The second kappa shape index (κ2) is 7.81. The summed E-state index contributed by atoms with van der Waals surface area (Å²) in [6, 6.07) is 8.10. The molecule has 0 heterocycles. The van der Waals surface area contributed by atoms with E-state index in [1.54, 1.807) is 0 Å². The van der Waals surface area contributed by atoms with Gasteiger partial charge in [0.2, 0.25) is 0 Å². The molecule has 1 amide bonds. The largest absolute Gasteiger partial charge is 0.346 e. The first-order valence-corrected chi connectivity index (χ1v) is 7.64. The standard InChI is InChI=1S/C17H26N2O.ClH/c1-17(2,12-18)19-16(20)15-10-8-14(9-11-15)13-6-4-3-5-7-13;/h8-11,13H,3-7,12,18H2,1-2H3,(H,19,20);1H. The number of benzene rings is 1. The van der Waals surface area contributed by atoms with E-state index >= 15 is 0 Å². The molecule has 1 fully saturated rings. The van der Waals surface area contributed by atoms with Crippen LogP contribution < -0.4 is 11.1 Å². The Morgan fingerprint density at radius 1 is 1.19 bits per heavy atom. The van der Waals surface area contributed by atoms with Gasteiger partial charge in [-0.1, -0.05) is 31.4 Å². The summed E-state index contributed by atoms with van der Waals surface area (Å²) in [5.74, 6) is 0.636. The summed E-state index contributed by atoms with van der Waals surface area (Å²) in [6.07, 6.45) is 6.60. The Bertz CT molecular complexity index is 450. The molecule has 0 aromatic heterocycles. The van der Waals surface area contributed by atoms with Crippen LogP contribution in [-0.4, -0.2) is 18.0 Å². The molecule has 4 heteroatoms. The third-order valence-electron chi connectivity index (χ3n) is 4.21. The highest BCUT2D eigenvalue weighted by atomic mass is 35.5.